The Morgan fingerprint density at radius 2 is 1.16 bits per heavy atom. The minimum atomic E-state index is -0.905. The molecule has 1 amide bonds. The molecule has 3 atom stereocenters. The molecule has 0 saturated carbocycles. The average molecular weight is 1120 g/mol. The van der Waals surface area contributed by atoms with E-state index < -0.39 is 5.97 Å². The van der Waals surface area contributed by atoms with Crippen LogP contribution in [0.1, 0.15) is 127 Å². The summed E-state index contributed by atoms with van der Waals surface area (Å²) in [7, 11) is 2.96. The SMILES string of the molecule is C.C=C1Cc2c(cnn2-c2ccc(C)c(Cl)c2)C(c2ccc(O)cc2)C1.C=C1Cc2c(cnn2-c2cccc(C)c2C)C(c2ccc(C(=O)O)cc2)C1.COc1cc(C2CC(=O)Nc3c2cnn3-c2cc(C)cc(C)c2)cc(OC)c1O. The molecule has 0 bridgehead atoms. The maximum atomic E-state index is 12.5. The molecule has 1 aliphatic heterocycles. The van der Waals surface area contributed by atoms with Crippen LogP contribution >= 0.6 is 11.6 Å². The van der Waals surface area contributed by atoms with E-state index in [0.29, 0.717) is 22.9 Å². The number of aromatic carboxylic acids is 1. The third kappa shape index (κ3) is 11.6. The quantitative estimate of drug-likeness (QED) is 0.102. The Kier molecular flexibility index (Phi) is 16.8. The smallest absolute Gasteiger partial charge is 0.335 e. The number of anilines is 1. The highest BCUT2D eigenvalue weighted by Gasteiger charge is 2.33. The molecule has 0 saturated heterocycles. The molecule has 82 heavy (non-hydrogen) atoms. The number of aromatic nitrogens is 6. The molecule has 0 spiro atoms. The summed E-state index contributed by atoms with van der Waals surface area (Å²) in [6.45, 7) is 18.8. The minimum Gasteiger partial charge on any atom is -0.508 e. The monoisotopic (exact) mass is 1120 g/mol. The number of phenolic OH excluding ortho intramolecular Hbond substituents is 2. The van der Waals surface area contributed by atoms with Crippen molar-refractivity contribution in [3.05, 3.63) is 241 Å². The predicted octanol–water partition coefficient (Wildman–Crippen LogP) is 14.3. The zero-order valence-corrected chi connectivity index (χ0v) is 47.2. The number of carbonyl (C=O) groups excluding carboxylic acids is 1. The van der Waals surface area contributed by atoms with Gasteiger partial charge in [-0.3, -0.25) is 4.79 Å². The van der Waals surface area contributed by atoms with Crippen molar-refractivity contribution < 1.29 is 34.4 Å². The van der Waals surface area contributed by atoms with Crippen molar-refractivity contribution in [3.63, 3.8) is 0 Å². The van der Waals surface area contributed by atoms with Crippen molar-refractivity contribution in [3.8, 4) is 40.1 Å². The number of halogens is 1. The standard InChI is InChI=1S/C23H22N2O2.C22H23N3O4.C21H19ClN2O.CH4/c1-14-11-19(17-7-9-18(10-8-17)23(26)27)20-13-24-25(22(20)12-14)21-6-4-5-15(2)16(21)3;1-12-5-13(2)7-15(6-12)25-22-17(11-23-25)16(10-20(26)24-22)14-8-18(28-3)21(27)19(9-14)29-4;1-13-9-18(15-4-7-17(25)8-5-15)19-12-23-24(21(19)10-13)16-6-3-14(2)20(22)11-16;/h4-10,13,19H,1,11-12H2,2-3H3,(H,26,27);5-9,11,16,27H,10H2,1-4H3,(H,24,26);3-8,11-12,18,25H,1,9-10H2,2H3;1H4. The Morgan fingerprint density at radius 1 is 0.622 bits per heavy atom. The number of benzene rings is 6. The third-order valence-electron chi connectivity index (χ3n) is 15.6. The average Bonchev–Trinajstić information content (AvgIpc) is 3.26. The van der Waals surface area contributed by atoms with Gasteiger partial charge in [0.15, 0.2) is 11.5 Å². The lowest BCUT2D eigenvalue weighted by Gasteiger charge is -2.26. The summed E-state index contributed by atoms with van der Waals surface area (Å²) in [5.74, 6) is 0.604. The molecule has 9 aromatic rings. The van der Waals surface area contributed by atoms with Crippen LogP contribution in [0, 0.1) is 34.6 Å². The van der Waals surface area contributed by atoms with E-state index in [1.165, 1.54) is 58.9 Å². The largest absolute Gasteiger partial charge is 0.508 e. The fourth-order valence-electron chi connectivity index (χ4n) is 11.3. The zero-order valence-electron chi connectivity index (χ0n) is 46.4. The molecular weight excluding hydrogens is 1050 g/mol. The first-order valence-electron chi connectivity index (χ1n) is 26.7. The number of fused-ring (bicyclic) bond motifs is 3. The molecule has 12 rings (SSSR count). The van der Waals surface area contributed by atoms with Crippen molar-refractivity contribution in [1.29, 1.82) is 0 Å². The van der Waals surface area contributed by atoms with Gasteiger partial charge in [0.1, 0.15) is 11.6 Å². The Morgan fingerprint density at radius 3 is 1.73 bits per heavy atom. The third-order valence-corrected chi connectivity index (χ3v) is 16.0. The number of aromatic hydroxyl groups is 2. The van der Waals surface area contributed by atoms with Gasteiger partial charge in [0.25, 0.3) is 0 Å². The van der Waals surface area contributed by atoms with Gasteiger partial charge in [0, 0.05) is 58.7 Å². The maximum Gasteiger partial charge on any atom is 0.335 e. The maximum absolute atomic E-state index is 12.5. The highest BCUT2D eigenvalue weighted by atomic mass is 35.5. The van der Waals surface area contributed by atoms with Crippen LogP contribution < -0.4 is 14.8 Å². The second-order valence-corrected chi connectivity index (χ2v) is 21.6. The molecule has 2 aliphatic carbocycles. The van der Waals surface area contributed by atoms with E-state index in [-0.39, 0.29) is 49.0 Å². The van der Waals surface area contributed by atoms with Crippen LogP contribution in [0.2, 0.25) is 5.02 Å². The Labute approximate surface area is 483 Å². The number of allylic oxidation sites excluding steroid dienone is 2. The zero-order chi connectivity index (χ0) is 57.4. The van der Waals surface area contributed by atoms with E-state index in [1.54, 1.807) is 47.3 Å². The molecule has 3 aromatic heterocycles. The first-order chi connectivity index (χ1) is 38.9. The summed E-state index contributed by atoms with van der Waals surface area (Å²) in [5.41, 5.74) is 20.1. The first kappa shape index (κ1) is 57.5. The second kappa shape index (κ2) is 23.9. The summed E-state index contributed by atoms with van der Waals surface area (Å²) in [4.78, 5) is 23.7. The molecule has 420 valence electrons. The second-order valence-electron chi connectivity index (χ2n) is 21.2. The number of methoxy groups -OCH3 is 2. The van der Waals surface area contributed by atoms with Crippen LogP contribution in [0.5, 0.6) is 23.0 Å². The van der Waals surface area contributed by atoms with Crippen LogP contribution in [0.25, 0.3) is 17.1 Å². The number of carboxylic acids is 1. The number of carbonyl (C=O) groups is 2. The summed E-state index contributed by atoms with van der Waals surface area (Å²) in [5, 5.41) is 46.5. The molecule has 4 N–H and O–H groups in total. The van der Waals surface area contributed by atoms with E-state index in [1.807, 2.05) is 97.1 Å². The lowest BCUT2D eigenvalue weighted by molar-refractivity contribution is -0.116. The number of hydrogen-bond donors (Lipinski definition) is 4. The fourth-order valence-corrected chi connectivity index (χ4v) is 11.5. The molecule has 3 aliphatic rings. The molecule has 15 heteroatoms. The number of nitrogens with one attached hydrogen (secondary N) is 1. The number of carboxylic acid groups (broad SMARTS) is 1. The van der Waals surface area contributed by atoms with Gasteiger partial charge in [0.2, 0.25) is 11.7 Å². The van der Waals surface area contributed by atoms with E-state index in [2.05, 4.69) is 66.8 Å². The highest BCUT2D eigenvalue weighted by Crippen LogP contribution is 2.46. The number of amides is 1. The van der Waals surface area contributed by atoms with Gasteiger partial charge in [-0.2, -0.15) is 15.3 Å². The van der Waals surface area contributed by atoms with Crippen LogP contribution in [-0.2, 0) is 17.6 Å². The van der Waals surface area contributed by atoms with Crippen LogP contribution in [0.3, 0.4) is 0 Å². The van der Waals surface area contributed by atoms with E-state index in [0.717, 1.165) is 86.8 Å². The molecule has 3 unspecified atom stereocenters. The van der Waals surface area contributed by atoms with Crippen LogP contribution in [-0.4, -0.2) is 70.8 Å². The number of rotatable bonds is 9. The summed E-state index contributed by atoms with van der Waals surface area (Å²) >= 11 is 6.30. The van der Waals surface area contributed by atoms with E-state index in [9.17, 15) is 19.8 Å². The van der Waals surface area contributed by atoms with Gasteiger partial charge >= 0.3 is 5.97 Å². The van der Waals surface area contributed by atoms with E-state index >= 15 is 0 Å². The molecular formula is C67H68ClN7O7. The molecule has 0 radical (unpaired) electrons. The van der Waals surface area contributed by atoms with Gasteiger partial charge in [-0.05, 0) is 159 Å². The van der Waals surface area contributed by atoms with Crippen LogP contribution in [0.4, 0.5) is 5.82 Å². The van der Waals surface area contributed by atoms with Crippen LogP contribution in [0.15, 0.2) is 158 Å². The molecule has 4 heterocycles. The van der Waals surface area contributed by atoms with Gasteiger partial charge < -0.3 is 30.1 Å². The summed E-state index contributed by atoms with van der Waals surface area (Å²) in [6.07, 6.45) is 9.34. The first-order valence-corrected chi connectivity index (χ1v) is 27.1. The summed E-state index contributed by atoms with van der Waals surface area (Å²) < 4.78 is 16.3. The minimum absolute atomic E-state index is 0. The number of hydrogen-bond acceptors (Lipinski definition) is 9. The Bertz CT molecular complexity index is 3860. The van der Waals surface area contributed by atoms with Gasteiger partial charge in [-0.25, -0.2) is 18.8 Å². The lowest BCUT2D eigenvalue weighted by Crippen LogP contribution is -2.24. The van der Waals surface area contributed by atoms with Gasteiger partial charge in [0.05, 0.1) is 66.8 Å². The fraction of sp³-hybridized carbons (Fsp3) is 0.239. The van der Waals surface area contributed by atoms with Crippen molar-refractivity contribution in [1.82, 2.24) is 29.3 Å². The van der Waals surface area contributed by atoms with Crippen molar-refractivity contribution >= 4 is 29.3 Å². The van der Waals surface area contributed by atoms with Gasteiger partial charge in [-0.15, -0.1) is 0 Å². The number of phenols is 2. The summed E-state index contributed by atoms with van der Waals surface area (Å²) in [6, 6.07) is 36.5. The molecule has 0 fully saturated rings. The number of ether oxygens (including phenoxy) is 2. The normalized spacial score (nSPS) is 16.0. The van der Waals surface area contributed by atoms with E-state index in [4.69, 9.17) is 31.3 Å². The molecule has 6 aromatic carbocycles. The van der Waals surface area contributed by atoms with Gasteiger partial charge in [-0.1, -0.05) is 91.9 Å². The molecule has 14 nitrogen and oxygen atoms in total. The van der Waals surface area contributed by atoms with Crippen molar-refractivity contribution in [2.24, 2.45) is 0 Å². The Hall–Kier alpha value is -9.14. The topological polar surface area (TPSA) is 179 Å². The Balaban J connectivity index is 0.000000148. The number of aryl methyl sites for hydroxylation is 4. The van der Waals surface area contributed by atoms with Crippen molar-refractivity contribution in [2.75, 3.05) is 19.5 Å². The lowest BCUT2D eigenvalue weighted by atomic mass is 9.80. The number of nitrogens with zero attached hydrogens (tertiary/aromatic N) is 6. The van der Waals surface area contributed by atoms with Crippen molar-refractivity contribution in [2.45, 2.75) is 91.9 Å². The highest BCUT2D eigenvalue weighted by molar-refractivity contribution is 6.31. The predicted molar refractivity (Wildman–Crippen MR) is 323 cm³/mol.